The molecule has 1 aromatic heterocycles. The minimum Gasteiger partial charge on any atom is -0.472 e. The van der Waals surface area contributed by atoms with Crippen LogP contribution in [0.5, 0.6) is 0 Å². The van der Waals surface area contributed by atoms with Crippen molar-refractivity contribution in [3.05, 3.63) is 71.5 Å². The predicted octanol–water partition coefficient (Wildman–Crippen LogP) is 6.02. The summed E-state index contributed by atoms with van der Waals surface area (Å²) in [6, 6.07) is 8.62. The van der Waals surface area contributed by atoms with Gasteiger partial charge in [0.25, 0.3) is 0 Å². The van der Waals surface area contributed by atoms with Crippen molar-refractivity contribution >= 4 is 11.8 Å². The molecular weight excluding hydrogens is 509 g/mol. The monoisotopic (exact) mass is 547 g/mol. The number of hydrogen-bond acceptors (Lipinski definition) is 6. The predicted molar refractivity (Wildman–Crippen MR) is 145 cm³/mol. The standard InChI is InChI=1S/C33H38FNO5/c1-30(2)24-15-26(36)32(4)23(9-12-31(3)25(32)16-28(37)39-29(31)21-11-14-38-18-21)33(24)19-35(13-10-27(33)40-30)17-20-5-7-22(34)8-6-20/h5-8,11,14,16,18,23-24,27,29H,9-10,12-13,15,17,19H2,1-4H3/t23-,24-,27?,29-,31+,32+,33?/m0/s1. The number of likely N-dealkylation sites (tertiary alicyclic amines) is 1. The molecule has 0 amide bonds. The second-order valence-electron chi connectivity index (χ2n) is 13.8. The Morgan fingerprint density at radius 2 is 1.80 bits per heavy atom. The van der Waals surface area contributed by atoms with Gasteiger partial charge in [0.2, 0.25) is 0 Å². The van der Waals surface area contributed by atoms with Crippen molar-refractivity contribution in [1.82, 2.24) is 4.90 Å². The zero-order valence-electron chi connectivity index (χ0n) is 23.7. The van der Waals surface area contributed by atoms with E-state index in [2.05, 4.69) is 32.6 Å². The Morgan fingerprint density at radius 3 is 2.52 bits per heavy atom. The highest BCUT2D eigenvalue weighted by Gasteiger charge is 2.74. The van der Waals surface area contributed by atoms with Gasteiger partial charge < -0.3 is 13.9 Å². The Balaban J connectivity index is 1.32. The molecule has 0 bridgehead atoms. The minimum atomic E-state index is -0.800. The number of nitrogens with zero attached hydrogens (tertiary/aromatic N) is 1. The molecule has 2 aromatic rings. The van der Waals surface area contributed by atoms with Crippen LogP contribution in [0.4, 0.5) is 4.39 Å². The number of hydrogen-bond donors (Lipinski definition) is 0. The van der Waals surface area contributed by atoms with Gasteiger partial charge in [-0.15, -0.1) is 0 Å². The minimum absolute atomic E-state index is 0.0317. The number of carbonyl (C=O) groups excluding carboxylic acids is 2. The highest BCUT2D eigenvalue weighted by atomic mass is 19.1. The van der Waals surface area contributed by atoms with Gasteiger partial charge in [0, 0.05) is 54.4 Å². The van der Waals surface area contributed by atoms with Crippen LogP contribution in [-0.4, -0.2) is 41.4 Å². The summed E-state index contributed by atoms with van der Waals surface area (Å²) in [6.07, 6.45) is 7.40. The van der Waals surface area contributed by atoms with E-state index in [0.717, 1.165) is 55.6 Å². The molecule has 2 unspecified atom stereocenters. The molecule has 7 heteroatoms. The highest BCUT2D eigenvalue weighted by Crippen LogP contribution is 2.72. The lowest BCUT2D eigenvalue weighted by atomic mass is 9.39. The van der Waals surface area contributed by atoms with Crippen LogP contribution in [0.1, 0.15) is 70.6 Å². The molecule has 0 radical (unpaired) electrons. The largest absolute Gasteiger partial charge is 0.472 e. The van der Waals surface area contributed by atoms with E-state index >= 15 is 0 Å². The summed E-state index contributed by atoms with van der Waals surface area (Å²) in [6.45, 7) is 11.0. The average Bonchev–Trinajstić information content (AvgIpc) is 3.51. The van der Waals surface area contributed by atoms with Crippen molar-refractivity contribution in [2.24, 2.45) is 28.1 Å². The second kappa shape index (κ2) is 8.62. The van der Waals surface area contributed by atoms with Crippen LogP contribution in [0.3, 0.4) is 0 Å². The fraction of sp³-hybridized carbons (Fsp3) is 0.576. The first-order valence-corrected chi connectivity index (χ1v) is 14.6. The average molecular weight is 548 g/mol. The first-order valence-electron chi connectivity index (χ1n) is 14.6. The summed E-state index contributed by atoms with van der Waals surface area (Å²) in [5, 5.41) is 0. The molecule has 1 aromatic carbocycles. The molecule has 4 fully saturated rings. The number of halogens is 1. The lowest BCUT2D eigenvalue weighted by molar-refractivity contribution is -0.173. The summed E-state index contributed by atoms with van der Waals surface area (Å²) in [5.41, 5.74) is 0.857. The van der Waals surface area contributed by atoms with Gasteiger partial charge in [-0.3, -0.25) is 9.69 Å². The van der Waals surface area contributed by atoms with E-state index in [0.29, 0.717) is 6.42 Å². The summed E-state index contributed by atoms with van der Waals surface area (Å²) < 4.78 is 31.8. The number of furan rings is 1. The van der Waals surface area contributed by atoms with Crippen LogP contribution in [0.25, 0.3) is 0 Å². The molecule has 2 aliphatic carbocycles. The first kappa shape index (κ1) is 26.1. The molecule has 212 valence electrons. The van der Waals surface area contributed by atoms with Gasteiger partial charge in [-0.2, -0.15) is 0 Å². The zero-order valence-corrected chi connectivity index (χ0v) is 23.7. The molecule has 0 N–H and O–H groups in total. The van der Waals surface area contributed by atoms with E-state index < -0.39 is 28.5 Å². The quantitative estimate of drug-likeness (QED) is 0.438. The molecule has 6 nitrogen and oxygen atoms in total. The van der Waals surface area contributed by atoms with Gasteiger partial charge in [-0.25, -0.2) is 9.18 Å². The van der Waals surface area contributed by atoms with Crippen LogP contribution >= 0.6 is 0 Å². The van der Waals surface area contributed by atoms with Crippen LogP contribution in [-0.2, 0) is 25.6 Å². The summed E-state index contributed by atoms with van der Waals surface area (Å²) in [4.78, 5) is 30.0. The molecule has 4 heterocycles. The Labute approximate surface area is 234 Å². The fourth-order valence-corrected chi connectivity index (χ4v) is 9.77. The Bertz CT molecular complexity index is 1380. The maximum absolute atomic E-state index is 14.4. The molecule has 2 saturated heterocycles. The molecule has 1 spiro atoms. The van der Waals surface area contributed by atoms with Gasteiger partial charge in [0.1, 0.15) is 17.7 Å². The molecule has 3 aliphatic heterocycles. The number of rotatable bonds is 3. The van der Waals surface area contributed by atoms with Crippen molar-refractivity contribution in [3.8, 4) is 0 Å². The highest BCUT2D eigenvalue weighted by molar-refractivity contribution is 5.94. The topological polar surface area (TPSA) is 69.0 Å². The number of Topliss-reactive ketones (excluding diaryl/α,β-unsaturated/α-hetero) is 1. The van der Waals surface area contributed by atoms with E-state index in [9.17, 15) is 14.0 Å². The third-order valence-corrected chi connectivity index (χ3v) is 11.4. The molecule has 2 saturated carbocycles. The number of benzene rings is 1. The van der Waals surface area contributed by atoms with E-state index in [-0.39, 0.29) is 35.0 Å². The van der Waals surface area contributed by atoms with Crippen LogP contribution in [0.2, 0.25) is 0 Å². The summed E-state index contributed by atoms with van der Waals surface area (Å²) in [5.74, 6) is -0.305. The molecule has 7 rings (SSSR count). The Kier molecular flexibility index (Phi) is 5.63. The number of cyclic esters (lactones) is 1. The number of piperidine rings is 1. The van der Waals surface area contributed by atoms with Crippen molar-refractivity contribution < 1.29 is 27.9 Å². The van der Waals surface area contributed by atoms with Crippen LogP contribution < -0.4 is 0 Å². The smallest absolute Gasteiger partial charge is 0.331 e. The number of carbonyl (C=O) groups is 2. The summed E-state index contributed by atoms with van der Waals surface area (Å²) >= 11 is 0. The number of ketones is 1. The van der Waals surface area contributed by atoms with Crippen molar-refractivity contribution in [2.75, 3.05) is 13.1 Å². The number of esters is 1. The SMILES string of the molecule is CC1(C)OC2CCN(Cc3ccc(F)cc3)CC23[C@H]2CC[C@]4(C)C(=CC(=O)O[C@H]4c4ccoc4)[C@]2(C)C(=O)C[C@@H]13. The lowest BCUT2D eigenvalue weighted by Gasteiger charge is -2.64. The molecule has 7 atom stereocenters. The maximum Gasteiger partial charge on any atom is 0.331 e. The van der Waals surface area contributed by atoms with E-state index in [1.807, 2.05) is 18.2 Å². The zero-order chi connectivity index (χ0) is 28.1. The third kappa shape index (κ3) is 3.46. The van der Waals surface area contributed by atoms with Gasteiger partial charge >= 0.3 is 5.97 Å². The number of ether oxygens (including phenoxy) is 2. The maximum atomic E-state index is 14.4. The van der Waals surface area contributed by atoms with Crippen LogP contribution in [0.15, 0.2) is 58.9 Å². The van der Waals surface area contributed by atoms with Crippen molar-refractivity contribution in [1.29, 1.82) is 0 Å². The molecule has 40 heavy (non-hydrogen) atoms. The van der Waals surface area contributed by atoms with E-state index in [1.165, 1.54) is 12.1 Å². The summed E-state index contributed by atoms with van der Waals surface area (Å²) in [7, 11) is 0. The Morgan fingerprint density at radius 1 is 1.02 bits per heavy atom. The second-order valence-corrected chi connectivity index (χ2v) is 13.8. The van der Waals surface area contributed by atoms with Gasteiger partial charge in [-0.05, 0) is 75.3 Å². The number of fused-ring (bicyclic) bond motifs is 3. The lowest BCUT2D eigenvalue weighted by Crippen LogP contribution is -2.67. The normalized spacial score (nSPS) is 40.4. The third-order valence-electron chi connectivity index (χ3n) is 11.4. The van der Waals surface area contributed by atoms with E-state index in [1.54, 1.807) is 18.6 Å². The first-order chi connectivity index (χ1) is 19.0. The molecule has 5 aliphatic rings. The Hall–Kier alpha value is -2.77. The van der Waals surface area contributed by atoms with Gasteiger partial charge in [0.05, 0.1) is 29.6 Å². The van der Waals surface area contributed by atoms with Crippen molar-refractivity contribution in [3.63, 3.8) is 0 Å². The molecular formula is C33H38FNO5. The van der Waals surface area contributed by atoms with Crippen molar-refractivity contribution in [2.45, 2.75) is 77.7 Å². The van der Waals surface area contributed by atoms with Gasteiger partial charge in [-0.1, -0.05) is 19.1 Å². The fourth-order valence-electron chi connectivity index (χ4n) is 9.77. The van der Waals surface area contributed by atoms with Crippen LogP contribution in [0, 0.1) is 33.9 Å². The van der Waals surface area contributed by atoms with Gasteiger partial charge in [0.15, 0.2) is 0 Å². The van der Waals surface area contributed by atoms with E-state index in [4.69, 9.17) is 13.9 Å².